The lowest BCUT2D eigenvalue weighted by Gasteiger charge is -2.29. The summed E-state index contributed by atoms with van der Waals surface area (Å²) in [5.74, 6) is -1.17. The minimum absolute atomic E-state index is 0.0172. The topological polar surface area (TPSA) is 200 Å². The van der Waals surface area contributed by atoms with Crippen LogP contribution in [0.1, 0.15) is 52.6 Å². The van der Waals surface area contributed by atoms with E-state index in [1.165, 1.54) is 6.07 Å². The van der Waals surface area contributed by atoms with Crippen LogP contribution < -0.4 is 15.8 Å². The minimum atomic E-state index is -3.67. The van der Waals surface area contributed by atoms with E-state index >= 15 is 0 Å². The van der Waals surface area contributed by atoms with Gasteiger partial charge in [-0.1, -0.05) is 69.3 Å². The molecule has 0 saturated carbocycles. The Morgan fingerprint density at radius 2 is 1.56 bits per heavy atom. The van der Waals surface area contributed by atoms with E-state index in [9.17, 15) is 28.2 Å². The average molecular weight is 586 g/mol. The molecule has 3 aromatic carbocycles. The van der Waals surface area contributed by atoms with Crippen LogP contribution in [0.5, 0.6) is 5.75 Å². The highest BCUT2D eigenvalue weighted by molar-refractivity contribution is 7.85. The van der Waals surface area contributed by atoms with E-state index in [1.54, 1.807) is 48.5 Å². The van der Waals surface area contributed by atoms with E-state index in [-0.39, 0.29) is 35.6 Å². The molecule has 0 bridgehead atoms. The van der Waals surface area contributed by atoms with E-state index in [4.69, 9.17) is 20.4 Å². The number of aliphatic hydroxyl groups is 1. The van der Waals surface area contributed by atoms with Crippen molar-refractivity contribution >= 4 is 27.8 Å². The summed E-state index contributed by atoms with van der Waals surface area (Å²) in [5.41, 5.74) is 7.73. The molecule has 0 aromatic heterocycles. The largest absolute Gasteiger partial charge is 0.488 e. The quantitative estimate of drug-likeness (QED) is 0.123. The van der Waals surface area contributed by atoms with Gasteiger partial charge in [-0.2, -0.15) is 8.42 Å². The molecule has 0 saturated heterocycles. The number of rotatable bonds is 9. The van der Waals surface area contributed by atoms with Crippen LogP contribution in [0.25, 0.3) is 11.1 Å². The molecule has 11 nitrogen and oxygen atoms in total. The smallest absolute Gasteiger partial charge is 0.336 e. The van der Waals surface area contributed by atoms with Gasteiger partial charge in [0.25, 0.3) is 16.0 Å². The maximum absolute atomic E-state index is 12.8. The first-order valence-electron chi connectivity index (χ1n) is 12.4. The second kappa shape index (κ2) is 13.9. The number of hydrogen-bond acceptors (Lipinski definition) is 7. The Kier molecular flexibility index (Phi) is 11.2. The molecular formula is C29H35N3O8S. The van der Waals surface area contributed by atoms with Gasteiger partial charge in [-0.15, -0.1) is 0 Å². The highest BCUT2D eigenvalue weighted by Gasteiger charge is 2.26. The fraction of sp³-hybridized carbons (Fsp3) is 0.276. The highest BCUT2D eigenvalue weighted by Crippen LogP contribution is 2.33. The van der Waals surface area contributed by atoms with Crippen molar-refractivity contribution in [3.05, 3.63) is 89.0 Å². The zero-order valence-corrected chi connectivity index (χ0v) is 24.0. The molecule has 0 aliphatic carbocycles. The number of amides is 1. The zero-order chi connectivity index (χ0) is 31.0. The normalized spacial score (nSPS) is 12.0. The van der Waals surface area contributed by atoms with Crippen LogP contribution in [-0.4, -0.2) is 59.8 Å². The molecule has 0 fully saturated rings. The maximum atomic E-state index is 12.8. The van der Waals surface area contributed by atoms with Gasteiger partial charge in [-0.05, 0) is 34.7 Å². The first-order chi connectivity index (χ1) is 19.0. The average Bonchev–Trinajstić information content (AvgIpc) is 2.88. The monoisotopic (exact) mass is 585 g/mol. The van der Waals surface area contributed by atoms with Crippen LogP contribution >= 0.6 is 0 Å². The molecule has 1 amide bonds. The standard InChI is InChI=1S/C28H31N3O5.CH4O3S/c1-28(2,3)24(15-32)31-26(33)19-12-13-20(22(14-19)27(34)35)21-6-4-5-7-23(21)36-16-17-8-10-18(11-9-17)25(29)30;1-5(2,3)4/h4-14,24,32H,15-16H2,1-3H3,(H3,29,30)(H,31,33)(H,34,35);1H3,(H,2,3,4). The van der Waals surface area contributed by atoms with Crippen molar-refractivity contribution in [2.24, 2.45) is 11.1 Å². The third kappa shape index (κ3) is 10.3. The first-order valence-corrected chi connectivity index (χ1v) is 14.2. The summed E-state index contributed by atoms with van der Waals surface area (Å²) < 4.78 is 31.9. The molecule has 12 heteroatoms. The van der Waals surface area contributed by atoms with Crippen LogP contribution in [0.15, 0.2) is 66.7 Å². The van der Waals surface area contributed by atoms with E-state index in [2.05, 4.69) is 5.32 Å². The van der Waals surface area contributed by atoms with Crippen molar-refractivity contribution in [3.8, 4) is 16.9 Å². The van der Waals surface area contributed by atoms with Crippen LogP contribution in [0.2, 0.25) is 0 Å². The highest BCUT2D eigenvalue weighted by atomic mass is 32.2. The predicted molar refractivity (Wildman–Crippen MR) is 156 cm³/mol. The second-order valence-electron chi connectivity index (χ2n) is 10.3. The summed E-state index contributed by atoms with van der Waals surface area (Å²) >= 11 is 0. The SMILES string of the molecule is CC(C)(C)C(CO)NC(=O)c1ccc(-c2ccccc2OCc2ccc(C(=N)N)cc2)c(C(=O)O)c1.CS(=O)(=O)O. The van der Waals surface area contributed by atoms with Crippen LogP contribution in [0.3, 0.4) is 0 Å². The van der Waals surface area contributed by atoms with Gasteiger partial charge in [-0.25, -0.2) is 4.79 Å². The second-order valence-corrected chi connectivity index (χ2v) is 11.7. The van der Waals surface area contributed by atoms with Gasteiger partial charge in [0.15, 0.2) is 0 Å². The molecule has 0 radical (unpaired) electrons. The Morgan fingerprint density at radius 1 is 1.00 bits per heavy atom. The number of nitrogens with one attached hydrogen (secondary N) is 2. The molecule has 0 spiro atoms. The van der Waals surface area contributed by atoms with E-state index in [0.29, 0.717) is 28.7 Å². The number of aromatic carboxylic acids is 1. The summed E-state index contributed by atoms with van der Waals surface area (Å²) in [6.07, 6.45) is 0.715. The molecule has 220 valence electrons. The summed E-state index contributed by atoms with van der Waals surface area (Å²) in [5, 5.41) is 29.9. The number of aliphatic hydroxyl groups excluding tert-OH is 1. The lowest BCUT2D eigenvalue weighted by molar-refractivity contribution is 0.0697. The van der Waals surface area contributed by atoms with Gasteiger partial charge >= 0.3 is 5.97 Å². The molecule has 3 aromatic rings. The number of carboxylic acid groups (broad SMARTS) is 1. The van der Waals surface area contributed by atoms with Crippen LogP contribution in [0, 0.1) is 10.8 Å². The van der Waals surface area contributed by atoms with Crippen molar-refractivity contribution < 1.29 is 37.5 Å². The number of ether oxygens (including phenoxy) is 1. The molecule has 1 atom stereocenters. The van der Waals surface area contributed by atoms with Crippen molar-refractivity contribution in [3.63, 3.8) is 0 Å². The molecule has 0 aliphatic heterocycles. The lowest BCUT2D eigenvalue weighted by atomic mass is 9.87. The fourth-order valence-electron chi connectivity index (χ4n) is 3.63. The predicted octanol–water partition coefficient (Wildman–Crippen LogP) is 3.56. The van der Waals surface area contributed by atoms with Crippen LogP contribution in [-0.2, 0) is 16.7 Å². The number of para-hydroxylation sites is 1. The fourth-order valence-corrected chi connectivity index (χ4v) is 3.63. The molecule has 7 N–H and O–H groups in total. The van der Waals surface area contributed by atoms with E-state index in [1.807, 2.05) is 32.9 Å². The number of carbonyl (C=O) groups is 2. The summed E-state index contributed by atoms with van der Waals surface area (Å²) in [6, 6.07) is 18.2. The summed E-state index contributed by atoms with van der Waals surface area (Å²) in [7, 11) is -3.67. The van der Waals surface area contributed by atoms with E-state index < -0.39 is 28.0 Å². The van der Waals surface area contributed by atoms with E-state index in [0.717, 1.165) is 5.56 Å². The maximum Gasteiger partial charge on any atom is 0.336 e. The zero-order valence-electron chi connectivity index (χ0n) is 23.2. The third-order valence-corrected chi connectivity index (χ3v) is 5.88. The van der Waals surface area contributed by atoms with Gasteiger partial charge in [0.1, 0.15) is 18.2 Å². The Hall–Kier alpha value is -4.26. The van der Waals surface area contributed by atoms with Crippen molar-refractivity contribution in [2.45, 2.75) is 33.4 Å². The Labute approximate surface area is 239 Å². The number of carboxylic acids is 1. The number of carbonyl (C=O) groups excluding carboxylic acids is 1. The molecule has 0 heterocycles. The molecule has 41 heavy (non-hydrogen) atoms. The third-order valence-electron chi connectivity index (χ3n) is 5.88. The van der Waals surface area contributed by atoms with Gasteiger partial charge in [-0.3, -0.25) is 14.8 Å². The van der Waals surface area contributed by atoms with Crippen molar-refractivity contribution in [1.29, 1.82) is 5.41 Å². The minimum Gasteiger partial charge on any atom is -0.488 e. The number of nitrogen functional groups attached to an aromatic ring is 1. The summed E-state index contributed by atoms with van der Waals surface area (Å²) in [4.78, 5) is 25.0. The van der Waals surface area contributed by atoms with Gasteiger partial charge < -0.3 is 26.0 Å². The van der Waals surface area contributed by atoms with Crippen molar-refractivity contribution in [2.75, 3.05) is 12.9 Å². The summed E-state index contributed by atoms with van der Waals surface area (Å²) in [6.45, 7) is 5.69. The van der Waals surface area contributed by atoms with Gasteiger partial charge in [0.2, 0.25) is 0 Å². The Morgan fingerprint density at radius 3 is 2.07 bits per heavy atom. The molecule has 1 unspecified atom stereocenters. The number of benzene rings is 3. The lowest BCUT2D eigenvalue weighted by Crippen LogP contribution is -2.46. The molecular weight excluding hydrogens is 550 g/mol. The Balaban J connectivity index is 0.00000108. The first kappa shape index (κ1) is 32.9. The van der Waals surface area contributed by atoms with Crippen LogP contribution in [0.4, 0.5) is 0 Å². The molecule has 3 rings (SSSR count). The molecule has 0 aliphatic rings. The number of nitrogens with two attached hydrogens (primary N) is 1. The Bertz CT molecular complexity index is 1490. The van der Waals surface area contributed by atoms with Gasteiger partial charge in [0.05, 0.1) is 24.5 Å². The number of hydrogen-bond donors (Lipinski definition) is 6. The van der Waals surface area contributed by atoms with Gasteiger partial charge in [0, 0.05) is 16.7 Å². The van der Waals surface area contributed by atoms with Crippen molar-refractivity contribution in [1.82, 2.24) is 5.32 Å². The number of amidine groups is 1.